The van der Waals surface area contributed by atoms with E-state index in [2.05, 4.69) is 64.6 Å². The highest BCUT2D eigenvalue weighted by atomic mass is 31.2. The Morgan fingerprint density at radius 1 is 0.500 bits per heavy atom. The zero-order valence-corrected chi connectivity index (χ0v) is 35.7. The van der Waals surface area contributed by atoms with E-state index in [1.807, 2.05) is 121 Å². The Morgan fingerprint density at radius 3 is 1.13 bits per heavy atom. The number of benzene rings is 5. The Bertz CT molecular complexity index is 1950. The van der Waals surface area contributed by atoms with E-state index < -0.39 is 17.2 Å². The average Bonchev–Trinajstić information content (AvgIpc) is 3.13. The fourth-order valence-electron chi connectivity index (χ4n) is 5.07. The van der Waals surface area contributed by atoms with Gasteiger partial charge in [-0.1, -0.05) is 84.5 Å². The minimum Gasteiger partial charge on any atom is -0.417 e. The average molecular weight is 767 g/mol. The lowest BCUT2D eigenvalue weighted by Gasteiger charge is -2.24. The monoisotopic (exact) mass is 766 g/mol. The van der Waals surface area contributed by atoms with Crippen molar-refractivity contribution in [2.24, 2.45) is 0 Å². The van der Waals surface area contributed by atoms with Gasteiger partial charge in [-0.15, -0.1) is 6.58 Å². The first-order chi connectivity index (χ1) is 25.8. The predicted octanol–water partition coefficient (Wildman–Crippen LogP) is 14.8. The van der Waals surface area contributed by atoms with Crippen LogP contribution in [0.2, 0.25) is 0 Å². The number of aryl methyl sites for hydroxylation is 7. The van der Waals surface area contributed by atoms with Crippen molar-refractivity contribution >= 4 is 17.2 Å². The molecule has 8 heteroatoms. The summed E-state index contributed by atoms with van der Waals surface area (Å²) in [4.78, 5) is 0. The number of allylic oxidation sites excluding steroid dienone is 3. The molecule has 0 aliphatic rings. The van der Waals surface area contributed by atoms with Crippen molar-refractivity contribution in [3.8, 4) is 39.9 Å². The van der Waals surface area contributed by atoms with Crippen LogP contribution in [-0.4, -0.2) is 7.11 Å². The minimum atomic E-state index is -1.92. The van der Waals surface area contributed by atoms with E-state index in [0.29, 0.717) is 28.7 Å². The third-order valence-corrected chi connectivity index (χ3v) is 9.98. The highest BCUT2D eigenvalue weighted by molar-refractivity contribution is 7.43. The molecule has 0 saturated heterocycles. The molecule has 0 aliphatic heterocycles. The summed E-state index contributed by atoms with van der Waals surface area (Å²) in [7, 11) is -2.09. The first-order valence-electron chi connectivity index (χ1n) is 17.9. The molecule has 286 valence electrons. The third kappa shape index (κ3) is 13.1. The van der Waals surface area contributed by atoms with Gasteiger partial charge < -0.3 is 22.6 Å². The van der Waals surface area contributed by atoms with Crippen molar-refractivity contribution in [1.29, 1.82) is 0 Å². The van der Waals surface area contributed by atoms with Crippen LogP contribution in [0, 0.1) is 48.5 Å². The third-order valence-electron chi connectivity index (χ3n) is 7.99. The van der Waals surface area contributed by atoms with Crippen LogP contribution in [0.4, 0.5) is 0 Å². The molecule has 0 radical (unpaired) electrons. The minimum absolute atomic E-state index is 0.648. The SMILES string of the molecule is C=CC.CC=C(C)C.COP(Oc1ccccc1C)Oc1c(C)cc(C)cc1-c1cc(C)cc(C)c1OP(Oc1ccccc1C)Oc1ccccc1C. The molecule has 0 amide bonds. The van der Waals surface area contributed by atoms with Crippen LogP contribution >= 0.6 is 17.2 Å². The summed E-state index contributed by atoms with van der Waals surface area (Å²) in [6, 6.07) is 31.9. The number of para-hydroxylation sites is 3. The smallest absolute Gasteiger partial charge is 0.417 e. The summed E-state index contributed by atoms with van der Waals surface area (Å²) in [5, 5.41) is 0. The van der Waals surface area contributed by atoms with E-state index >= 15 is 0 Å². The van der Waals surface area contributed by atoms with Gasteiger partial charge in [0.1, 0.15) is 28.7 Å². The van der Waals surface area contributed by atoms with Gasteiger partial charge in [0.25, 0.3) is 0 Å². The van der Waals surface area contributed by atoms with Gasteiger partial charge in [0.15, 0.2) is 0 Å². The maximum atomic E-state index is 6.79. The lowest BCUT2D eigenvalue weighted by Crippen LogP contribution is -2.06. The molecule has 0 saturated carbocycles. The molecule has 0 aliphatic carbocycles. The van der Waals surface area contributed by atoms with Gasteiger partial charge in [0.2, 0.25) is 0 Å². The van der Waals surface area contributed by atoms with E-state index in [0.717, 1.165) is 50.1 Å². The molecule has 5 rings (SSSR count). The van der Waals surface area contributed by atoms with E-state index in [1.54, 1.807) is 13.2 Å². The molecule has 5 aromatic rings. The molecular formula is C46H56O6P2. The fourth-order valence-corrected chi connectivity index (χ4v) is 7.24. The van der Waals surface area contributed by atoms with Gasteiger partial charge in [0, 0.05) is 18.2 Å². The van der Waals surface area contributed by atoms with E-state index in [1.165, 1.54) is 5.57 Å². The Hall–Kier alpha value is -4.60. The van der Waals surface area contributed by atoms with Crippen LogP contribution in [-0.2, 0) is 4.52 Å². The summed E-state index contributed by atoms with van der Waals surface area (Å²) in [5.74, 6) is 3.41. The van der Waals surface area contributed by atoms with E-state index in [4.69, 9.17) is 27.1 Å². The highest BCUT2D eigenvalue weighted by Gasteiger charge is 2.28. The van der Waals surface area contributed by atoms with Crippen molar-refractivity contribution in [3.63, 3.8) is 0 Å². The van der Waals surface area contributed by atoms with Gasteiger partial charge in [0.05, 0.1) is 0 Å². The Morgan fingerprint density at radius 2 is 0.815 bits per heavy atom. The lowest BCUT2D eigenvalue weighted by molar-refractivity contribution is 0.322. The summed E-state index contributed by atoms with van der Waals surface area (Å²) < 4.78 is 38.3. The van der Waals surface area contributed by atoms with Crippen LogP contribution < -0.4 is 22.6 Å². The van der Waals surface area contributed by atoms with Crippen LogP contribution in [0.5, 0.6) is 28.7 Å². The predicted molar refractivity (Wildman–Crippen MR) is 229 cm³/mol. The topological polar surface area (TPSA) is 55.4 Å². The standard InChI is InChI=1S/C38H40O6P2.C5H10.C3H6/c1-25-21-30(6)37(43-45(39-8)40-34-18-12-9-15-27(34)3)32(23-25)33-24-26(2)22-31(7)38(33)44-46(41-35-19-13-10-16-28(35)4)42-36-20-14-11-17-29(36)5;1-4-5(2)3;1-3-2/h9-24H,1-8H3;4H,1-3H3;3H,1H2,2H3. The molecule has 0 fully saturated rings. The molecule has 1 atom stereocenters. The largest absolute Gasteiger partial charge is 0.530 e. The van der Waals surface area contributed by atoms with Gasteiger partial charge in [-0.3, -0.25) is 4.52 Å². The lowest BCUT2D eigenvalue weighted by atomic mass is 9.95. The second kappa shape index (κ2) is 21.9. The summed E-state index contributed by atoms with van der Waals surface area (Å²) in [6.07, 6.45) is 3.83. The van der Waals surface area contributed by atoms with E-state index in [-0.39, 0.29) is 0 Å². The fraction of sp³-hybridized carbons (Fsp3) is 0.261. The molecule has 0 bridgehead atoms. The molecular weight excluding hydrogens is 710 g/mol. The van der Waals surface area contributed by atoms with E-state index in [9.17, 15) is 0 Å². The summed E-state index contributed by atoms with van der Waals surface area (Å²) in [6.45, 7) is 25.7. The van der Waals surface area contributed by atoms with Gasteiger partial charge in [-0.2, -0.15) is 0 Å². The number of hydrogen-bond acceptors (Lipinski definition) is 6. The van der Waals surface area contributed by atoms with Crippen molar-refractivity contribution < 1.29 is 27.1 Å². The normalized spacial score (nSPS) is 10.8. The van der Waals surface area contributed by atoms with Gasteiger partial charge >= 0.3 is 17.2 Å². The second-order valence-electron chi connectivity index (χ2n) is 13.1. The van der Waals surface area contributed by atoms with Crippen LogP contribution in [0.15, 0.2) is 121 Å². The maximum absolute atomic E-state index is 6.79. The summed E-state index contributed by atoms with van der Waals surface area (Å²) >= 11 is 0. The quantitative estimate of drug-likeness (QED) is 0.0931. The highest BCUT2D eigenvalue weighted by Crippen LogP contribution is 2.52. The molecule has 6 nitrogen and oxygen atoms in total. The Labute approximate surface area is 326 Å². The summed E-state index contributed by atoms with van der Waals surface area (Å²) in [5.41, 5.74) is 10.1. The van der Waals surface area contributed by atoms with Crippen LogP contribution in [0.3, 0.4) is 0 Å². The number of hydrogen-bond donors (Lipinski definition) is 0. The molecule has 5 aromatic carbocycles. The van der Waals surface area contributed by atoms with Crippen LogP contribution in [0.1, 0.15) is 66.6 Å². The van der Waals surface area contributed by atoms with Crippen molar-refractivity contribution in [1.82, 2.24) is 0 Å². The van der Waals surface area contributed by atoms with Gasteiger partial charge in [-0.25, -0.2) is 0 Å². The zero-order valence-electron chi connectivity index (χ0n) is 33.9. The first-order valence-corrected chi connectivity index (χ1v) is 20.1. The Kier molecular flexibility index (Phi) is 17.8. The first kappa shape index (κ1) is 43.8. The molecule has 0 spiro atoms. The molecule has 54 heavy (non-hydrogen) atoms. The van der Waals surface area contributed by atoms with Crippen molar-refractivity contribution in [2.75, 3.05) is 7.11 Å². The molecule has 0 aromatic heterocycles. The number of rotatable bonds is 12. The molecule has 0 heterocycles. The van der Waals surface area contributed by atoms with Crippen LogP contribution in [0.25, 0.3) is 11.1 Å². The van der Waals surface area contributed by atoms with Gasteiger partial charge in [-0.05, 0) is 145 Å². The molecule has 0 N–H and O–H groups in total. The zero-order chi connectivity index (χ0) is 39.8. The molecule has 1 unspecified atom stereocenters. The van der Waals surface area contributed by atoms with Crippen molar-refractivity contribution in [3.05, 3.63) is 160 Å². The maximum Gasteiger partial charge on any atom is 0.530 e. The second-order valence-corrected chi connectivity index (χ2v) is 15.2. The Balaban J connectivity index is 0.000000892. The van der Waals surface area contributed by atoms with Crippen molar-refractivity contribution in [2.45, 2.75) is 76.2 Å².